The first-order valence-corrected chi connectivity index (χ1v) is 13.1. The maximum absolute atomic E-state index is 13.0. The molecule has 3 aromatic rings. The van der Waals surface area contributed by atoms with Crippen LogP contribution in [0.15, 0.2) is 75.7 Å². The summed E-state index contributed by atoms with van der Waals surface area (Å²) in [5, 5.41) is 0. The zero-order valence-electron chi connectivity index (χ0n) is 24.2. The standard InChI is InChI=1S/C32H32O10/c1-35-20-15-26(41-27(33)16-20)31-29(19-8-10-22(37-3)24(14-19)39-5)30-25(40-6)17-28(34)42-32(30,31)12-11-18-7-9-21(36-2)23(13-18)38-4/h7-17,29-31H,1-6H3/b12-11+/t29-,30+,31+,32+/m1/s1. The minimum atomic E-state index is -1.29. The molecule has 1 aliphatic heterocycles. The van der Waals surface area contributed by atoms with Crippen LogP contribution in [0.1, 0.15) is 28.7 Å². The predicted molar refractivity (Wildman–Crippen MR) is 153 cm³/mol. The van der Waals surface area contributed by atoms with Gasteiger partial charge in [0.05, 0.1) is 66.6 Å². The Balaban J connectivity index is 1.72. The summed E-state index contributed by atoms with van der Waals surface area (Å²) in [5.74, 6) is 1.17. The van der Waals surface area contributed by atoms with Crippen molar-refractivity contribution in [1.29, 1.82) is 0 Å². The molecule has 0 saturated heterocycles. The summed E-state index contributed by atoms with van der Waals surface area (Å²) in [5.41, 5.74) is -0.276. The van der Waals surface area contributed by atoms with Gasteiger partial charge in [-0.05, 0) is 41.5 Å². The first-order chi connectivity index (χ1) is 20.3. The van der Waals surface area contributed by atoms with Gasteiger partial charge >= 0.3 is 11.6 Å². The molecule has 220 valence electrons. The quantitative estimate of drug-likeness (QED) is 0.314. The van der Waals surface area contributed by atoms with Gasteiger partial charge in [-0.3, -0.25) is 0 Å². The van der Waals surface area contributed by atoms with Crippen LogP contribution in [0.5, 0.6) is 28.7 Å². The molecular weight excluding hydrogens is 544 g/mol. The monoisotopic (exact) mass is 576 g/mol. The van der Waals surface area contributed by atoms with E-state index < -0.39 is 29.0 Å². The lowest BCUT2D eigenvalue weighted by atomic mass is 9.49. The van der Waals surface area contributed by atoms with Crippen LogP contribution in [-0.2, 0) is 14.3 Å². The lowest BCUT2D eigenvalue weighted by molar-refractivity contribution is -0.182. The zero-order valence-corrected chi connectivity index (χ0v) is 24.2. The van der Waals surface area contributed by atoms with E-state index >= 15 is 0 Å². The van der Waals surface area contributed by atoms with Gasteiger partial charge in [-0.15, -0.1) is 0 Å². The Morgan fingerprint density at radius 1 is 0.714 bits per heavy atom. The van der Waals surface area contributed by atoms with E-state index in [1.54, 1.807) is 46.6 Å². The number of methoxy groups -OCH3 is 6. The number of hydrogen-bond acceptors (Lipinski definition) is 10. The lowest BCUT2D eigenvalue weighted by Crippen LogP contribution is -2.63. The predicted octanol–water partition coefficient (Wildman–Crippen LogP) is 4.72. The summed E-state index contributed by atoms with van der Waals surface area (Å²) in [6.45, 7) is 0. The summed E-state index contributed by atoms with van der Waals surface area (Å²) in [7, 11) is 9.21. The van der Waals surface area contributed by atoms with E-state index in [-0.39, 0.29) is 11.7 Å². The van der Waals surface area contributed by atoms with E-state index in [1.807, 2.05) is 36.4 Å². The Bertz CT molecular complexity index is 1600. The van der Waals surface area contributed by atoms with Crippen molar-refractivity contribution >= 4 is 12.0 Å². The van der Waals surface area contributed by atoms with Crippen molar-refractivity contribution < 1.29 is 42.4 Å². The van der Waals surface area contributed by atoms with E-state index in [4.69, 9.17) is 37.6 Å². The summed E-state index contributed by atoms with van der Waals surface area (Å²) < 4.78 is 44.9. The minimum Gasteiger partial charge on any atom is -0.500 e. The van der Waals surface area contributed by atoms with Crippen molar-refractivity contribution in [2.24, 2.45) is 5.92 Å². The molecule has 0 bridgehead atoms. The van der Waals surface area contributed by atoms with Gasteiger partial charge in [0.2, 0.25) is 0 Å². The molecule has 1 fully saturated rings. The zero-order chi connectivity index (χ0) is 30.0. The summed E-state index contributed by atoms with van der Waals surface area (Å²) in [4.78, 5) is 25.6. The molecule has 5 rings (SSSR count). The van der Waals surface area contributed by atoms with Crippen LogP contribution >= 0.6 is 0 Å². The molecule has 0 N–H and O–H groups in total. The molecule has 1 saturated carbocycles. The van der Waals surface area contributed by atoms with Gasteiger partial charge in [-0.25, -0.2) is 9.59 Å². The molecule has 42 heavy (non-hydrogen) atoms. The van der Waals surface area contributed by atoms with Gasteiger partial charge < -0.3 is 37.6 Å². The van der Waals surface area contributed by atoms with Crippen LogP contribution in [0, 0.1) is 5.92 Å². The average molecular weight is 577 g/mol. The summed E-state index contributed by atoms with van der Waals surface area (Å²) in [6.07, 6.45) is 4.99. The second-order valence-electron chi connectivity index (χ2n) is 9.79. The van der Waals surface area contributed by atoms with Crippen LogP contribution in [-0.4, -0.2) is 54.2 Å². The van der Waals surface area contributed by atoms with E-state index in [0.29, 0.717) is 34.5 Å². The number of ether oxygens (including phenoxy) is 7. The third-order valence-corrected chi connectivity index (χ3v) is 7.81. The molecule has 10 nitrogen and oxygen atoms in total. The molecule has 10 heteroatoms. The smallest absolute Gasteiger partial charge is 0.339 e. The van der Waals surface area contributed by atoms with Gasteiger partial charge in [0, 0.05) is 12.0 Å². The van der Waals surface area contributed by atoms with Crippen LogP contribution in [0.25, 0.3) is 6.08 Å². The van der Waals surface area contributed by atoms with Crippen molar-refractivity contribution in [1.82, 2.24) is 0 Å². The van der Waals surface area contributed by atoms with Gasteiger partial charge in [0.25, 0.3) is 0 Å². The first-order valence-electron chi connectivity index (χ1n) is 13.1. The van der Waals surface area contributed by atoms with E-state index in [2.05, 4.69) is 0 Å². The Morgan fingerprint density at radius 2 is 1.38 bits per heavy atom. The highest BCUT2D eigenvalue weighted by Crippen LogP contribution is 2.66. The molecule has 2 aliphatic rings. The maximum Gasteiger partial charge on any atom is 0.339 e. The molecule has 2 aromatic carbocycles. The third kappa shape index (κ3) is 4.82. The highest BCUT2D eigenvalue weighted by atomic mass is 16.6. The summed E-state index contributed by atoms with van der Waals surface area (Å²) in [6, 6.07) is 13.9. The SMILES string of the molecule is COC1=CC(=O)O[C@@]2(/C=C/c3ccc(OC)c(OC)c3)[C@@H]1[C@@H](c1ccc(OC)c(OC)c1)[C@@H]2c1cc(OC)cc(=O)o1. The molecule has 1 aliphatic carbocycles. The number of fused-ring (bicyclic) bond motifs is 1. The van der Waals surface area contributed by atoms with Crippen molar-refractivity contribution in [3.05, 3.63) is 93.7 Å². The Morgan fingerprint density at radius 3 is 2.02 bits per heavy atom. The Kier molecular flexibility index (Phi) is 7.89. The molecule has 2 heterocycles. The van der Waals surface area contributed by atoms with E-state index in [9.17, 15) is 9.59 Å². The molecule has 0 amide bonds. The van der Waals surface area contributed by atoms with Crippen LogP contribution < -0.4 is 29.3 Å². The van der Waals surface area contributed by atoms with E-state index in [1.165, 1.54) is 26.4 Å². The lowest BCUT2D eigenvalue weighted by Gasteiger charge is -2.59. The normalized spacial score (nSPS) is 22.8. The summed E-state index contributed by atoms with van der Waals surface area (Å²) >= 11 is 0. The van der Waals surface area contributed by atoms with Crippen LogP contribution in [0.3, 0.4) is 0 Å². The van der Waals surface area contributed by atoms with Gasteiger partial charge in [0.15, 0.2) is 28.6 Å². The number of carbonyl (C=O) groups is 1. The highest BCUT2D eigenvalue weighted by molar-refractivity contribution is 5.85. The highest BCUT2D eigenvalue weighted by Gasteiger charge is 2.69. The number of carbonyl (C=O) groups excluding carboxylic acids is 1. The Labute approximate surface area is 243 Å². The van der Waals surface area contributed by atoms with Crippen molar-refractivity contribution in [2.75, 3.05) is 42.7 Å². The van der Waals surface area contributed by atoms with Crippen LogP contribution in [0.2, 0.25) is 0 Å². The minimum absolute atomic E-state index is 0.289. The van der Waals surface area contributed by atoms with Crippen molar-refractivity contribution in [2.45, 2.75) is 17.4 Å². The fraction of sp³-hybridized carbons (Fsp3) is 0.312. The number of hydrogen-bond donors (Lipinski definition) is 0. The van der Waals surface area contributed by atoms with Crippen molar-refractivity contribution in [3.8, 4) is 28.7 Å². The van der Waals surface area contributed by atoms with Gasteiger partial charge in [0.1, 0.15) is 17.3 Å². The van der Waals surface area contributed by atoms with E-state index in [0.717, 1.165) is 11.1 Å². The fourth-order valence-corrected chi connectivity index (χ4v) is 5.96. The van der Waals surface area contributed by atoms with Crippen LogP contribution in [0.4, 0.5) is 0 Å². The van der Waals surface area contributed by atoms with Crippen molar-refractivity contribution in [3.63, 3.8) is 0 Å². The largest absolute Gasteiger partial charge is 0.500 e. The second kappa shape index (κ2) is 11.6. The first kappa shape index (κ1) is 28.7. The molecule has 1 aromatic heterocycles. The molecule has 0 spiro atoms. The number of esters is 1. The fourth-order valence-electron chi connectivity index (χ4n) is 5.96. The van der Waals surface area contributed by atoms with Gasteiger partial charge in [-0.2, -0.15) is 0 Å². The topological polar surface area (TPSA) is 112 Å². The van der Waals surface area contributed by atoms with Gasteiger partial charge in [-0.1, -0.05) is 18.2 Å². The molecule has 0 radical (unpaired) electrons. The Hall–Kier alpha value is -4.86. The average Bonchev–Trinajstić information content (AvgIpc) is 3.00. The molecular formula is C32H32O10. The second-order valence-corrected chi connectivity index (χ2v) is 9.79. The number of rotatable bonds is 10. The molecule has 0 unspecified atom stereocenters. The third-order valence-electron chi connectivity index (χ3n) is 7.81. The number of benzene rings is 2. The maximum atomic E-state index is 13.0. The molecule has 4 atom stereocenters.